The Labute approximate surface area is 128 Å². The van der Waals surface area contributed by atoms with Crippen molar-refractivity contribution in [3.05, 3.63) is 5.21 Å². The van der Waals surface area contributed by atoms with Gasteiger partial charge in [0.15, 0.2) is 0 Å². The molecule has 122 valence electrons. The summed E-state index contributed by atoms with van der Waals surface area (Å²) in [6.07, 6.45) is 8.77. The van der Waals surface area contributed by atoms with Crippen LogP contribution in [0.5, 0.6) is 0 Å². The molecule has 1 heterocycles. The van der Waals surface area contributed by atoms with Gasteiger partial charge in [-0.15, -0.1) is 0 Å². The van der Waals surface area contributed by atoms with Crippen LogP contribution in [0.1, 0.15) is 58.8 Å². The highest BCUT2D eigenvalue weighted by Gasteiger charge is 2.53. The van der Waals surface area contributed by atoms with Crippen molar-refractivity contribution in [3.63, 3.8) is 0 Å². The molecule has 0 amide bonds. The van der Waals surface area contributed by atoms with E-state index in [1.807, 2.05) is 0 Å². The summed E-state index contributed by atoms with van der Waals surface area (Å²) in [7, 11) is 2.28. The number of nitrogens with zero attached hydrogens (tertiary/aromatic N) is 1. The molecule has 0 spiro atoms. The van der Waals surface area contributed by atoms with Gasteiger partial charge in [-0.3, -0.25) is 0 Å². The number of rotatable bonds is 2. The Kier molecular flexibility index (Phi) is 4.58. The van der Waals surface area contributed by atoms with Crippen LogP contribution >= 0.6 is 0 Å². The van der Waals surface area contributed by atoms with Crippen LogP contribution < -0.4 is 10.1 Å². The van der Waals surface area contributed by atoms with Crippen molar-refractivity contribution in [2.75, 3.05) is 7.05 Å². The van der Waals surface area contributed by atoms with Crippen LogP contribution in [0, 0.1) is 11.1 Å². The van der Waals surface area contributed by atoms with E-state index in [1.54, 1.807) is 4.90 Å². The van der Waals surface area contributed by atoms with Crippen molar-refractivity contribution in [2.45, 2.75) is 89.1 Å². The average molecular weight is 298 g/mol. The minimum Gasteiger partial charge on any atom is -0.600 e. The van der Waals surface area contributed by atoms with Gasteiger partial charge in [0.2, 0.25) is 0 Å². The van der Waals surface area contributed by atoms with Crippen LogP contribution in [-0.4, -0.2) is 47.5 Å². The Morgan fingerprint density at radius 3 is 2.38 bits per heavy atom. The van der Waals surface area contributed by atoms with Crippen LogP contribution in [0.4, 0.5) is 0 Å². The lowest BCUT2D eigenvalue weighted by molar-refractivity contribution is -1.07. The third-order valence-corrected chi connectivity index (χ3v) is 6.64. The van der Waals surface area contributed by atoms with Crippen molar-refractivity contribution in [1.29, 1.82) is 0 Å². The summed E-state index contributed by atoms with van der Waals surface area (Å²) >= 11 is 0. The summed E-state index contributed by atoms with van der Waals surface area (Å²) in [5, 5.41) is 20.1. The zero-order valence-electron chi connectivity index (χ0n) is 13.7. The molecule has 0 bridgehead atoms. The minimum absolute atomic E-state index is 0.111. The predicted octanol–water partition coefficient (Wildman–Crippen LogP) is -0.197. The lowest BCUT2D eigenvalue weighted by atomic mass is 9.83. The maximum atomic E-state index is 11.3. The number of fused-ring (bicyclic) bond motifs is 1. The molecular formula is C16H32N3O2+. The quantitative estimate of drug-likeness (QED) is 0.619. The second-order valence-electron chi connectivity index (χ2n) is 7.80. The van der Waals surface area contributed by atoms with E-state index >= 15 is 0 Å². The number of nitrogens with one attached hydrogen (secondary N) is 2. The maximum absolute atomic E-state index is 11.3. The summed E-state index contributed by atoms with van der Waals surface area (Å²) in [4.78, 5) is 4.33. The first-order valence-corrected chi connectivity index (χ1v) is 8.82. The first-order valence-electron chi connectivity index (χ1n) is 8.82. The predicted molar refractivity (Wildman–Crippen MR) is 80.9 cm³/mol. The standard InChI is InChI=1S/C16H31N3O2/c1-11-4-6-13(7-5-11)18-12(2)17(3)16-10-14(19(20)21)8-9-15(16)18/h11-16,19-20H,4-10H2,1-3H3/p+1. The molecule has 2 aliphatic carbocycles. The van der Waals surface area contributed by atoms with Gasteiger partial charge in [-0.1, -0.05) is 6.92 Å². The molecule has 5 nitrogen and oxygen atoms in total. The van der Waals surface area contributed by atoms with Crippen LogP contribution in [0.3, 0.4) is 0 Å². The van der Waals surface area contributed by atoms with E-state index in [0.717, 1.165) is 31.2 Å². The third-order valence-electron chi connectivity index (χ3n) is 6.64. The van der Waals surface area contributed by atoms with Gasteiger partial charge in [0.05, 0.1) is 19.5 Å². The first kappa shape index (κ1) is 15.7. The smallest absolute Gasteiger partial charge is 0.141 e. The fourth-order valence-electron chi connectivity index (χ4n) is 5.18. The number of likely N-dealkylation sites (N-methyl/N-ethyl adjacent to an activating group) is 1. The molecule has 3 N–H and O–H groups in total. The maximum Gasteiger partial charge on any atom is 0.141 e. The highest BCUT2D eigenvalue weighted by atomic mass is 16.8. The molecule has 6 atom stereocenters. The Morgan fingerprint density at radius 1 is 1.10 bits per heavy atom. The molecule has 0 radical (unpaired) electrons. The minimum atomic E-state index is -0.584. The number of hydroxylamine groups is 2. The molecule has 5 heteroatoms. The van der Waals surface area contributed by atoms with E-state index in [2.05, 4.69) is 25.8 Å². The van der Waals surface area contributed by atoms with Gasteiger partial charge in [-0.05, 0) is 38.0 Å². The fraction of sp³-hybridized carbons (Fsp3) is 1.00. The second kappa shape index (κ2) is 6.13. The lowest BCUT2D eigenvalue weighted by Gasteiger charge is -2.39. The highest BCUT2D eigenvalue weighted by molar-refractivity contribution is 4.95. The zero-order valence-corrected chi connectivity index (χ0v) is 13.7. The van der Waals surface area contributed by atoms with E-state index in [4.69, 9.17) is 0 Å². The topological polar surface area (TPSA) is 55.4 Å². The molecule has 3 aliphatic rings. The SMILES string of the molecule is CC1CCC(N2C3CCC([NH+]([O-])O)CC3[NH+](C)C2C)CC1. The first-order chi connectivity index (χ1) is 9.99. The van der Waals surface area contributed by atoms with E-state index in [-0.39, 0.29) is 6.04 Å². The van der Waals surface area contributed by atoms with Crippen molar-refractivity contribution in [3.8, 4) is 0 Å². The van der Waals surface area contributed by atoms with Gasteiger partial charge >= 0.3 is 0 Å². The van der Waals surface area contributed by atoms with Crippen molar-refractivity contribution in [2.24, 2.45) is 5.92 Å². The molecule has 0 aromatic carbocycles. The molecule has 0 aromatic rings. The molecule has 3 fully saturated rings. The van der Waals surface area contributed by atoms with E-state index < -0.39 is 5.23 Å². The number of hydrogen-bond donors (Lipinski definition) is 3. The summed E-state index contributed by atoms with van der Waals surface area (Å²) in [6, 6.07) is 1.77. The van der Waals surface area contributed by atoms with Gasteiger partial charge in [0.1, 0.15) is 18.2 Å². The van der Waals surface area contributed by atoms with Crippen LogP contribution in [0.2, 0.25) is 0 Å². The average Bonchev–Trinajstić information content (AvgIpc) is 2.72. The molecule has 6 unspecified atom stereocenters. The van der Waals surface area contributed by atoms with Gasteiger partial charge in [0.25, 0.3) is 0 Å². The normalized spacial score (nSPS) is 49.9. The molecule has 21 heavy (non-hydrogen) atoms. The number of quaternary nitrogens is 2. The summed E-state index contributed by atoms with van der Waals surface area (Å²) in [5.41, 5.74) is 0. The Hall–Kier alpha value is -0.200. The van der Waals surface area contributed by atoms with Gasteiger partial charge < -0.3 is 10.1 Å². The van der Waals surface area contributed by atoms with E-state index in [1.165, 1.54) is 25.7 Å². The van der Waals surface area contributed by atoms with E-state index in [9.17, 15) is 10.4 Å². The second-order valence-corrected chi connectivity index (χ2v) is 7.80. The van der Waals surface area contributed by atoms with Crippen LogP contribution in [0.15, 0.2) is 0 Å². The van der Waals surface area contributed by atoms with Crippen LogP contribution in [0.25, 0.3) is 0 Å². The summed E-state index contributed by atoms with van der Waals surface area (Å²) in [5.74, 6) is 0.891. The summed E-state index contributed by atoms with van der Waals surface area (Å²) in [6.45, 7) is 4.73. The lowest BCUT2D eigenvalue weighted by Crippen LogP contribution is -3.17. The molecule has 2 saturated carbocycles. The molecule has 1 saturated heterocycles. The largest absolute Gasteiger partial charge is 0.600 e. The van der Waals surface area contributed by atoms with Gasteiger partial charge in [-0.25, -0.2) is 15.3 Å². The Balaban J connectivity index is 1.71. The van der Waals surface area contributed by atoms with Crippen molar-refractivity contribution >= 4 is 0 Å². The summed E-state index contributed by atoms with van der Waals surface area (Å²) < 4.78 is 0. The zero-order chi connectivity index (χ0) is 15.1. The highest BCUT2D eigenvalue weighted by Crippen LogP contribution is 2.34. The monoisotopic (exact) mass is 298 g/mol. The molecule has 3 rings (SSSR count). The van der Waals surface area contributed by atoms with Crippen molar-refractivity contribution in [1.82, 2.24) is 4.90 Å². The van der Waals surface area contributed by atoms with Crippen molar-refractivity contribution < 1.29 is 15.3 Å². The van der Waals surface area contributed by atoms with Gasteiger partial charge in [0, 0.05) is 19.4 Å². The van der Waals surface area contributed by atoms with E-state index in [0.29, 0.717) is 18.2 Å². The van der Waals surface area contributed by atoms with Crippen LogP contribution in [-0.2, 0) is 0 Å². The molecule has 0 aromatic heterocycles. The number of hydrogen-bond acceptors (Lipinski definition) is 3. The third kappa shape index (κ3) is 2.86. The molecular weight excluding hydrogens is 266 g/mol. The van der Waals surface area contributed by atoms with Gasteiger partial charge in [-0.2, -0.15) is 0 Å². The Morgan fingerprint density at radius 2 is 1.76 bits per heavy atom. The fourth-order valence-corrected chi connectivity index (χ4v) is 5.18. The molecule has 1 aliphatic heterocycles. The Bertz CT molecular complexity index is 357.